The van der Waals surface area contributed by atoms with Gasteiger partial charge in [0.25, 0.3) is 5.69 Å². The number of aromatic amines is 1. The first-order valence-corrected chi connectivity index (χ1v) is 13.2. The molecular formula is C30H5BF20N2. The van der Waals surface area contributed by atoms with Gasteiger partial charge in [0.05, 0.1) is 0 Å². The molecule has 278 valence electrons. The molecule has 0 radical (unpaired) electrons. The number of hydrogen-bond donors (Lipinski definition) is 0. The van der Waals surface area contributed by atoms with E-state index in [2.05, 4.69) is 4.98 Å². The van der Waals surface area contributed by atoms with Gasteiger partial charge >= 0.3 is 0 Å². The average Bonchev–Trinajstić information content (AvgIpc) is 3.15. The van der Waals surface area contributed by atoms with Crippen molar-refractivity contribution >= 4 is 28.0 Å². The number of nitrogens with one attached hydrogen (secondary N) is 1. The Hall–Kier alpha value is -5.82. The highest BCUT2D eigenvalue weighted by Gasteiger charge is 2.52. The Bertz CT molecular complexity index is 1980. The Balaban J connectivity index is 0.000000692. The Morgan fingerprint density at radius 1 is 0.340 bits per heavy atom. The van der Waals surface area contributed by atoms with E-state index in [4.69, 9.17) is 5.26 Å². The summed E-state index contributed by atoms with van der Waals surface area (Å²) in [6.07, 6.45) is -5.50. The second kappa shape index (κ2) is 14.3. The first kappa shape index (κ1) is 40.0. The van der Waals surface area contributed by atoms with E-state index in [1.54, 1.807) is 12.3 Å². The molecule has 53 heavy (non-hydrogen) atoms. The van der Waals surface area contributed by atoms with Gasteiger partial charge in [-0.2, -0.15) is 5.26 Å². The molecule has 0 aliphatic rings. The van der Waals surface area contributed by atoms with Gasteiger partial charge in [0.1, 0.15) is 52.7 Å². The molecule has 0 saturated heterocycles. The monoisotopic (exact) mass is 784 g/mol. The number of nitriles is 1. The highest BCUT2D eigenvalue weighted by atomic mass is 19.2. The zero-order valence-corrected chi connectivity index (χ0v) is 24.4. The number of aromatic nitrogens is 1. The van der Waals surface area contributed by atoms with E-state index in [9.17, 15) is 52.7 Å². The lowest BCUT2D eigenvalue weighted by Gasteiger charge is -2.44. The lowest BCUT2D eigenvalue weighted by atomic mass is 9.12. The zero-order valence-electron chi connectivity index (χ0n) is 24.4. The number of hydrogen-bond acceptors (Lipinski definition) is 1. The van der Waals surface area contributed by atoms with Crippen molar-refractivity contribution in [3.8, 4) is 6.07 Å². The lowest BCUT2D eigenvalue weighted by Crippen LogP contribution is -2.81. The lowest BCUT2D eigenvalue weighted by molar-refractivity contribution is -0.382. The number of halogens is 20. The molecule has 5 rings (SSSR count). The summed E-state index contributed by atoms with van der Waals surface area (Å²) in [4.78, 5) is 2.76. The van der Waals surface area contributed by atoms with E-state index in [-0.39, 0.29) is 0 Å². The van der Waals surface area contributed by atoms with Gasteiger partial charge in [0.2, 0.25) is 0 Å². The van der Waals surface area contributed by atoms with Crippen LogP contribution < -0.4 is 26.8 Å². The number of H-pyrrole nitrogens is 1. The summed E-state index contributed by atoms with van der Waals surface area (Å²) in [5, 5.41) is 8.26. The average molecular weight is 784 g/mol. The number of rotatable bonds is 4. The predicted octanol–water partition coefficient (Wildman–Crippen LogP) is 6.22. The maximum absolute atomic E-state index is 15.4. The van der Waals surface area contributed by atoms with Crippen LogP contribution in [-0.4, -0.2) is 6.15 Å². The summed E-state index contributed by atoms with van der Waals surface area (Å²) in [7, 11) is 0. The molecule has 0 spiro atoms. The van der Waals surface area contributed by atoms with E-state index in [0.29, 0.717) is 5.69 Å². The maximum atomic E-state index is 15.4. The first-order chi connectivity index (χ1) is 24.6. The molecule has 0 bridgehead atoms. The summed E-state index contributed by atoms with van der Waals surface area (Å²) in [5.74, 6) is -71.4. The van der Waals surface area contributed by atoms with Crippen LogP contribution in [0.25, 0.3) is 0 Å². The fourth-order valence-corrected chi connectivity index (χ4v) is 5.34. The van der Waals surface area contributed by atoms with Crippen LogP contribution >= 0.6 is 0 Å². The molecule has 0 aliphatic heterocycles. The first-order valence-electron chi connectivity index (χ1n) is 13.2. The largest absolute Gasteiger partial charge is 0.281 e. The Labute approximate surface area is 279 Å². The van der Waals surface area contributed by atoms with E-state index in [1.807, 2.05) is 18.2 Å². The number of nitrogens with zero attached hydrogens (tertiary/aromatic N) is 1. The van der Waals surface area contributed by atoms with Gasteiger partial charge < -0.3 is 0 Å². The van der Waals surface area contributed by atoms with Crippen LogP contribution in [0, 0.1) is 128 Å². The summed E-state index contributed by atoms with van der Waals surface area (Å²) in [6.45, 7) is 0. The summed E-state index contributed by atoms with van der Waals surface area (Å²) in [5.41, 5.74) is -13.7. The van der Waals surface area contributed by atoms with Gasteiger partial charge in [-0.05, 0) is 6.07 Å². The minimum Gasteiger partial charge on any atom is -0.207 e. The highest BCUT2D eigenvalue weighted by Crippen LogP contribution is 2.30. The molecule has 1 N–H and O–H groups in total. The molecule has 0 saturated carbocycles. The third kappa shape index (κ3) is 5.85. The van der Waals surface area contributed by atoms with E-state index in [1.165, 1.54) is 0 Å². The normalized spacial score (nSPS) is 11.4. The van der Waals surface area contributed by atoms with Crippen molar-refractivity contribution in [2.45, 2.75) is 0 Å². The van der Waals surface area contributed by atoms with Crippen LogP contribution in [0.3, 0.4) is 0 Å². The van der Waals surface area contributed by atoms with Crippen molar-refractivity contribution in [3.63, 3.8) is 0 Å². The molecule has 2 nitrogen and oxygen atoms in total. The molecule has 0 fully saturated rings. The molecule has 4 aromatic carbocycles. The van der Waals surface area contributed by atoms with Crippen LogP contribution in [0.4, 0.5) is 87.8 Å². The smallest absolute Gasteiger partial charge is 0.207 e. The van der Waals surface area contributed by atoms with Crippen LogP contribution in [0.1, 0.15) is 5.69 Å². The Morgan fingerprint density at radius 3 is 0.698 bits per heavy atom. The van der Waals surface area contributed by atoms with Crippen molar-refractivity contribution in [2.75, 3.05) is 0 Å². The van der Waals surface area contributed by atoms with Crippen LogP contribution in [0.15, 0.2) is 24.4 Å². The molecular weight excluding hydrogens is 779 g/mol. The summed E-state index contributed by atoms with van der Waals surface area (Å²) in [6, 6.07) is 7.34. The Morgan fingerprint density at radius 2 is 0.547 bits per heavy atom. The third-order valence-corrected chi connectivity index (χ3v) is 7.54. The third-order valence-electron chi connectivity index (χ3n) is 7.54. The van der Waals surface area contributed by atoms with Crippen molar-refractivity contribution in [2.24, 2.45) is 0 Å². The molecule has 0 unspecified atom stereocenters. The second-order valence-electron chi connectivity index (χ2n) is 10.2. The Kier molecular flexibility index (Phi) is 10.8. The van der Waals surface area contributed by atoms with Crippen LogP contribution in [0.5, 0.6) is 0 Å². The molecule has 0 atom stereocenters. The molecule has 1 aromatic heterocycles. The number of benzene rings is 4. The maximum Gasteiger partial charge on any atom is 0.281 e. The van der Waals surface area contributed by atoms with Crippen molar-refractivity contribution in [3.05, 3.63) is 146 Å². The second-order valence-corrected chi connectivity index (χ2v) is 10.2. The number of pyridine rings is 1. The van der Waals surface area contributed by atoms with Gasteiger partial charge in [-0.1, -0.05) is 0 Å². The van der Waals surface area contributed by atoms with Crippen molar-refractivity contribution in [1.29, 1.82) is 5.26 Å². The fourth-order valence-electron chi connectivity index (χ4n) is 5.34. The van der Waals surface area contributed by atoms with Gasteiger partial charge in [0.15, 0.2) is 82.1 Å². The minimum atomic E-state index is -7.22. The molecule has 1 heterocycles. The van der Waals surface area contributed by atoms with Gasteiger partial charge in [-0.15, -0.1) is 21.9 Å². The molecule has 0 aliphatic carbocycles. The van der Waals surface area contributed by atoms with E-state index >= 15 is 35.1 Å². The standard InChI is InChI=1S/C24BF20.C6H4N2/c26-5-1(6(27)14(35)21(42)13(5)34)25(2-7(28)15(36)22(43)16(37)8(2)29,3-9(30)17(38)23(44)18(39)10(3)31)4-11(32)19(40)24(45)20(41)12(4)33;7-5-6-3-1-2-4-8-6/h;1-4H/q-1;/p+1. The molecule has 5 aromatic rings. The molecule has 23 heteroatoms. The highest BCUT2D eigenvalue weighted by molar-refractivity contribution is 7.20. The van der Waals surface area contributed by atoms with Crippen molar-refractivity contribution < 1.29 is 92.8 Å². The van der Waals surface area contributed by atoms with E-state index in [0.717, 1.165) is 0 Å². The van der Waals surface area contributed by atoms with Gasteiger partial charge in [-0.25, -0.2) is 92.8 Å². The summed E-state index contributed by atoms with van der Waals surface area (Å²) < 4.78 is 294. The quantitative estimate of drug-likeness (QED) is 0.0925. The van der Waals surface area contributed by atoms with Crippen LogP contribution in [-0.2, 0) is 0 Å². The van der Waals surface area contributed by atoms with E-state index < -0.39 is 144 Å². The topological polar surface area (TPSA) is 37.9 Å². The SMILES string of the molecule is Fc1c(F)c(F)c([B-](c2c(F)c(F)c(F)c(F)c2F)(c2c(F)c(F)c(F)c(F)c2F)c2c(F)c(F)c(F)c(F)c2F)c(F)c1F.N#Cc1cccc[nH+]1. The van der Waals surface area contributed by atoms with Crippen molar-refractivity contribution in [1.82, 2.24) is 0 Å². The van der Waals surface area contributed by atoms with Gasteiger partial charge in [0, 0.05) is 12.1 Å². The molecule has 0 amide bonds. The minimum absolute atomic E-state index is 0.590. The van der Waals surface area contributed by atoms with Crippen LogP contribution in [0.2, 0.25) is 0 Å². The summed E-state index contributed by atoms with van der Waals surface area (Å²) >= 11 is 0. The zero-order chi connectivity index (χ0) is 40.2. The van der Waals surface area contributed by atoms with Gasteiger partial charge in [-0.3, -0.25) is 0 Å². The predicted molar refractivity (Wildman–Crippen MR) is 137 cm³/mol. The fraction of sp³-hybridized carbons (Fsp3) is 0.